The summed E-state index contributed by atoms with van der Waals surface area (Å²) in [7, 11) is -3.78. The van der Waals surface area contributed by atoms with Crippen molar-refractivity contribution in [3.05, 3.63) is 28.5 Å². The zero-order valence-electron chi connectivity index (χ0n) is 9.61. The molecular formula is C10H13ClFNO3S2. The number of rotatable bonds is 6. The second-order valence-corrected chi connectivity index (χ2v) is 6.56. The summed E-state index contributed by atoms with van der Waals surface area (Å²) in [6.07, 6.45) is 1.85. The molecule has 0 radical (unpaired) electrons. The van der Waals surface area contributed by atoms with Crippen LogP contribution in [0.5, 0.6) is 0 Å². The number of thioether (sulfide) groups is 1. The third kappa shape index (κ3) is 3.83. The molecule has 0 amide bonds. The van der Waals surface area contributed by atoms with Gasteiger partial charge in [0.25, 0.3) is 0 Å². The fourth-order valence-electron chi connectivity index (χ4n) is 1.25. The van der Waals surface area contributed by atoms with Crippen molar-refractivity contribution in [2.45, 2.75) is 11.5 Å². The molecule has 0 heterocycles. The minimum atomic E-state index is -3.78. The summed E-state index contributed by atoms with van der Waals surface area (Å²) in [5.41, 5.74) is 0.0434. The van der Waals surface area contributed by atoms with E-state index in [-0.39, 0.29) is 22.0 Å². The van der Waals surface area contributed by atoms with Gasteiger partial charge in [-0.15, -0.1) is 0 Å². The molecule has 4 nitrogen and oxygen atoms in total. The number of aliphatic hydroxyl groups excluding tert-OH is 1. The average Bonchev–Trinajstić information content (AvgIpc) is 2.32. The molecule has 0 aliphatic carbocycles. The molecule has 0 fully saturated rings. The minimum absolute atomic E-state index is 0.0434. The van der Waals surface area contributed by atoms with Gasteiger partial charge in [-0.25, -0.2) is 17.5 Å². The van der Waals surface area contributed by atoms with Gasteiger partial charge in [0.1, 0.15) is 5.82 Å². The maximum absolute atomic E-state index is 13.4. The van der Waals surface area contributed by atoms with Crippen LogP contribution < -0.4 is 4.72 Å². The van der Waals surface area contributed by atoms with Gasteiger partial charge in [0, 0.05) is 17.9 Å². The molecule has 1 rings (SSSR count). The first-order valence-corrected chi connectivity index (χ1v) is 8.25. The molecule has 1 aromatic carbocycles. The molecule has 0 aliphatic heterocycles. The maximum Gasteiger partial charge on any atom is 0.240 e. The minimum Gasteiger partial charge on any atom is -0.392 e. The quantitative estimate of drug-likeness (QED) is 0.783. The number of sulfonamides is 1. The smallest absolute Gasteiger partial charge is 0.240 e. The number of nitrogens with one attached hydrogen (secondary N) is 1. The van der Waals surface area contributed by atoms with E-state index < -0.39 is 22.4 Å². The van der Waals surface area contributed by atoms with E-state index in [1.165, 1.54) is 11.8 Å². The summed E-state index contributed by atoms with van der Waals surface area (Å²) >= 11 is 7.08. The molecule has 8 heteroatoms. The summed E-state index contributed by atoms with van der Waals surface area (Å²) in [5, 5.41) is 8.71. The van der Waals surface area contributed by atoms with E-state index in [0.717, 1.165) is 12.1 Å². The third-order valence-corrected chi connectivity index (χ3v) is 4.63. The van der Waals surface area contributed by atoms with Crippen LogP contribution in [-0.2, 0) is 16.6 Å². The van der Waals surface area contributed by atoms with E-state index in [4.69, 9.17) is 16.7 Å². The first-order valence-electron chi connectivity index (χ1n) is 4.99. The van der Waals surface area contributed by atoms with E-state index in [9.17, 15) is 12.8 Å². The van der Waals surface area contributed by atoms with Gasteiger partial charge in [0.15, 0.2) is 0 Å². The van der Waals surface area contributed by atoms with Crippen LogP contribution in [0.1, 0.15) is 5.56 Å². The average molecular weight is 314 g/mol. The van der Waals surface area contributed by atoms with Gasteiger partial charge in [0.05, 0.1) is 16.5 Å². The Balaban J connectivity index is 3.05. The van der Waals surface area contributed by atoms with E-state index in [1.807, 2.05) is 6.26 Å². The summed E-state index contributed by atoms with van der Waals surface area (Å²) < 4.78 is 39.4. The van der Waals surface area contributed by atoms with Gasteiger partial charge in [-0.3, -0.25) is 0 Å². The third-order valence-electron chi connectivity index (χ3n) is 2.16. The summed E-state index contributed by atoms with van der Waals surface area (Å²) in [4.78, 5) is -0.241. The molecule has 0 saturated heterocycles. The Morgan fingerprint density at radius 2 is 2.17 bits per heavy atom. The molecule has 0 aromatic heterocycles. The van der Waals surface area contributed by atoms with Gasteiger partial charge in [-0.1, -0.05) is 11.6 Å². The first-order chi connectivity index (χ1) is 8.42. The Morgan fingerprint density at radius 3 is 2.72 bits per heavy atom. The standard InChI is InChI=1S/C10H13ClFNO3S2/c1-17-3-2-13-18(15,16)8-4-7(6-14)10(11)9(12)5-8/h4-5,13-14H,2-3,6H2,1H3. The predicted molar refractivity (Wildman–Crippen MR) is 70.9 cm³/mol. The molecule has 18 heavy (non-hydrogen) atoms. The fourth-order valence-corrected chi connectivity index (χ4v) is 2.95. The zero-order chi connectivity index (χ0) is 13.8. The molecule has 0 atom stereocenters. The largest absolute Gasteiger partial charge is 0.392 e. The number of hydrogen-bond donors (Lipinski definition) is 2. The lowest BCUT2D eigenvalue weighted by Gasteiger charge is -2.09. The van der Waals surface area contributed by atoms with Gasteiger partial charge < -0.3 is 5.11 Å². The van der Waals surface area contributed by atoms with Crippen molar-refractivity contribution in [2.24, 2.45) is 0 Å². The topological polar surface area (TPSA) is 66.4 Å². The normalized spacial score (nSPS) is 11.8. The predicted octanol–water partition coefficient (Wildman–Crippen LogP) is 1.61. The Kier molecular flexibility index (Phi) is 5.87. The molecular weight excluding hydrogens is 301 g/mol. The Labute approximate surface area is 115 Å². The highest BCUT2D eigenvalue weighted by Crippen LogP contribution is 2.24. The Hall–Kier alpha value is -0.340. The summed E-state index contributed by atoms with van der Waals surface area (Å²) in [5.74, 6) is -0.254. The summed E-state index contributed by atoms with van der Waals surface area (Å²) in [6, 6.07) is 2.00. The van der Waals surface area contributed by atoms with E-state index in [1.54, 1.807) is 0 Å². The van der Waals surface area contributed by atoms with Crippen LogP contribution in [0.4, 0.5) is 4.39 Å². The van der Waals surface area contributed by atoms with Crippen LogP contribution in [-0.4, -0.2) is 32.1 Å². The highest BCUT2D eigenvalue weighted by molar-refractivity contribution is 7.98. The zero-order valence-corrected chi connectivity index (χ0v) is 12.0. The number of halogens is 2. The van der Waals surface area contributed by atoms with Crippen molar-refractivity contribution in [3.63, 3.8) is 0 Å². The van der Waals surface area contributed by atoms with Crippen molar-refractivity contribution < 1.29 is 17.9 Å². The molecule has 0 aliphatic rings. The number of aliphatic hydroxyl groups is 1. The Bertz CT molecular complexity index is 522. The Morgan fingerprint density at radius 1 is 1.50 bits per heavy atom. The molecule has 1 aromatic rings. The van der Waals surface area contributed by atoms with E-state index in [2.05, 4.69) is 4.72 Å². The lowest BCUT2D eigenvalue weighted by Crippen LogP contribution is -2.26. The van der Waals surface area contributed by atoms with Crippen molar-refractivity contribution >= 4 is 33.4 Å². The van der Waals surface area contributed by atoms with Gasteiger partial charge in [0.2, 0.25) is 10.0 Å². The highest BCUT2D eigenvalue weighted by atomic mass is 35.5. The van der Waals surface area contributed by atoms with E-state index >= 15 is 0 Å². The second kappa shape index (κ2) is 6.72. The molecule has 0 unspecified atom stereocenters. The maximum atomic E-state index is 13.4. The second-order valence-electron chi connectivity index (χ2n) is 3.43. The number of benzene rings is 1. The lowest BCUT2D eigenvalue weighted by molar-refractivity contribution is 0.281. The van der Waals surface area contributed by atoms with Crippen LogP contribution >= 0.6 is 23.4 Å². The van der Waals surface area contributed by atoms with Crippen LogP contribution in [0.2, 0.25) is 5.02 Å². The van der Waals surface area contributed by atoms with Gasteiger partial charge >= 0.3 is 0 Å². The van der Waals surface area contributed by atoms with Crippen LogP contribution in [0.15, 0.2) is 17.0 Å². The molecule has 0 saturated carbocycles. The van der Waals surface area contributed by atoms with Crippen molar-refractivity contribution in [2.75, 3.05) is 18.6 Å². The van der Waals surface area contributed by atoms with Crippen LogP contribution in [0, 0.1) is 5.82 Å². The molecule has 0 spiro atoms. The SMILES string of the molecule is CSCCNS(=O)(=O)c1cc(F)c(Cl)c(CO)c1. The number of hydrogen-bond acceptors (Lipinski definition) is 4. The van der Waals surface area contributed by atoms with Crippen molar-refractivity contribution in [3.8, 4) is 0 Å². The first kappa shape index (κ1) is 15.7. The van der Waals surface area contributed by atoms with Gasteiger partial charge in [-0.05, 0) is 18.4 Å². The highest BCUT2D eigenvalue weighted by Gasteiger charge is 2.18. The van der Waals surface area contributed by atoms with Crippen LogP contribution in [0.25, 0.3) is 0 Å². The fraction of sp³-hybridized carbons (Fsp3) is 0.400. The molecule has 0 bridgehead atoms. The van der Waals surface area contributed by atoms with Crippen molar-refractivity contribution in [1.82, 2.24) is 4.72 Å². The van der Waals surface area contributed by atoms with Crippen LogP contribution in [0.3, 0.4) is 0 Å². The van der Waals surface area contributed by atoms with E-state index in [0.29, 0.717) is 5.75 Å². The monoisotopic (exact) mass is 313 g/mol. The molecule has 102 valence electrons. The molecule has 2 N–H and O–H groups in total. The van der Waals surface area contributed by atoms with Gasteiger partial charge in [-0.2, -0.15) is 11.8 Å². The van der Waals surface area contributed by atoms with Crippen molar-refractivity contribution in [1.29, 1.82) is 0 Å². The summed E-state index contributed by atoms with van der Waals surface area (Å²) in [6.45, 7) is -0.272. The lowest BCUT2D eigenvalue weighted by atomic mass is 10.2.